The fourth-order valence-electron chi connectivity index (χ4n) is 2.26. The smallest absolute Gasteiger partial charge is 0.407 e. The molecule has 112 valence electrons. The fraction of sp³-hybridized carbons (Fsp3) is 0.438. The SMILES string of the molecule is [2H]c1[nH]c2ccc(C([2H])([2H])[C@@H]3NC(=O)OC3([2H])[2H])cc2c1CCN(C)C. The molecule has 0 unspecified atom stereocenters. The molecule has 5 nitrogen and oxygen atoms in total. The molecule has 1 atom stereocenters. The highest BCUT2D eigenvalue weighted by atomic mass is 16.6. The number of aromatic amines is 1. The summed E-state index contributed by atoms with van der Waals surface area (Å²) in [7, 11) is 3.88. The van der Waals surface area contributed by atoms with Crippen LogP contribution in [0.2, 0.25) is 0 Å². The van der Waals surface area contributed by atoms with Crippen molar-refractivity contribution in [2.24, 2.45) is 0 Å². The lowest BCUT2D eigenvalue weighted by Gasteiger charge is -2.09. The van der Waals surface area contributed by atoms with Gasteiger partial charge in [0.2, 0.25) is 0 Å². The number of ether oxygens (including phenoxy) is 1. The Kier molecular flexibility index (Phi) is 2.50. The monoisotopic (exact) mass is 292 g/mol. The molecule has 2 N–H and O–H groups in total. The van der Waals surface area contributed by atoms with Crippen molar-refractivity contribution in [1.29, 1.82) is 0 Å². The van der Waals surface area contributed by atoms with Crippen molar-refractivity contribution in [1.82, 2.24) is 15.2 Å². The maximum atomic E-state index is 11.4. The highest BCUT2D eigenvalue weighted by molar-refractivity contribution is 5.84. The summed E-state index contributed by atoms with van der Waals surface area (Å²) < 4.78 is 45.0. The van der Waals surface area contributed by atoms with E-state index in [0.29, 0.717) is 6.42 Å². The van der Waals surface area contributed by atoms with Gasteiger partial charge in [0.15, 0.2) is 0 Å². The number of carbonyl (C=O) groups is 1. The number of nitrogens with one attached hydrogen (secondary N) is 2. The first kappa shape index (κ1) is 9.10. The number of alkyl carbamates (subject to hydrolysis) is 1. The standard InChI is InChI=1S/C16H21N3O2/c1-19(2)6-5-12-9-17-15-4-3-11(8-14(12)15)7-13-10-21-16(20)18-13/h3-4,8-9,13,17H,5-7,10H2,1-2H3,(H,18,20)/t13-/m0/s1/i7D2,9D,10D2. The van der Waals surface area contributed by atoms with Gasteiger partial charge in [0.05, 0.1) is 10.2 Å². The molecule has 1 aromatic carbocycles. The van der Waals surface area contributed by atoms with Gasteiger partial charge in [0.1, 0.15) is 6.56 Å². The number of cyclic esters (lactones) is 1. The maximum Gasteiger partial charge on any atom is 0.407 e. The highest BCUT2D eigenvalue weighted by Gasteiger charge is 2.22. The van der Waals surface area contributed by atoms with E-state index in [-0.39, 0.29) is 11.7 Å². The van der Waals surface area contributed by atoms with Gasteiger partial charge in [-0.15, -0.1) is 0 Å². The van der Waals surface area contributed by atoms with E-state index in [1.165, 1.54) is 6.07 Å². The molecule has 0 aliphatic carbocycles. The van der Waals surface area contributed by atoms with Gasteiger partial charge < -0.3 is 19.9 Å². The number of hydrogen-bond donors (Lipinski definition) is 2. The van der Waals surface area contributed by atoms with Crippen LogP contribution in [0, 0.1) is 0 Å². The zero-order valence-corrected chi connectivity index (χ0v) is 12.0. The molecule has 1 aliphatic heterocycles. The number of rotatable bonds is 5. The number of nitrogens with zero attached hydrogens (tertiary/aromatic N) is 1. The number of benzene rings is 1. The molecule has 1 saturated heterocycles. The predicted molar refractivity (Wildman–Crippen MR) is 82.5 cm³/mol. The quantitative estimate of drug-likeness (QED) is 0.885. The van der Waals surface area contributed by atoms with Crippen LogP contribution < -0.4 is 5.32 Å². The summed E-state index contributed by atoms with van der Waals surface area (Å²) in [6.45, 7) is -1.72. The second kappa shape index (κ2) is 5.77. The molecule has 1 fully saturated rings. The van der Waals surface area contributed by atoms with Gasteiger partial charge in [0, 0.05) is 26.4 Å². The topological polar surface area (TPSA) is 57.4 Å². The molecule has 2 heterocycles. The molecule has 3 rings (SSSR count). The number of H-pyrrole nitrogens is 1. The van der Waals surface area contributed by atoms with Crippen LogP contribution in [0.3, 0.4) is 0 Å². The average molecular weight is 292 g/mol. The molecule has 1 aromatic heterocycles. The van der Waals surface area contributed by atoms with Crippen LogP contribution in [0.1, 0.15) is 18.0 Å². The fourth-order valence-corrected chi connectivity index (χ4v) is 2.26. The van der Waals surface area contributed by atoms with E-state index in [4.69, 9.17) is 6.85 Å². The minimum absolute atomic E-state index is 0.217. The minimum atomic E-state index is -2.46. The first-order valence-corrected chi connectivity index (χ1v) is 6.78. The normalized spacial score (nSPS) is 24.8. The summed E-state index contributed by atoms with van der Waals surface area (Å²) in [6, 6.07) is 3.36. The van der Waals surface area contributed by atoms with Crippen molar-refractivity contribution in [3.05, 3.63) is 35.5 Å². The van der Waals surface area contributed by atoms with Gasteiger partial charge in [0.25, 0.3) is 0 Å². The lowest BCUT2D eigenvalue weighted by atomic mass is 10.0. The van der Waals surface area contributed by atoms with Gasteiger partial charge >= 0.3 is 6.09 Å². The highest BCUT2D eigenvalue weighted by Crippen LogP contribution is 2.21. The van der Waals surface area contributed by atoms with E-state index in [1.807, 2.05) is 19.0 Å². The molecule has 0 saturated carbocycles. The Hall–Kier alpha value is -2.01. The van der Waals surface area contributed by atoms with Gasteiger partial charge in [-0.3, -0.25) is 0 Å². The number of amides is 1. The Labute approximate surface area is 131 Å². The van der Waals surface area contributed by atoms with Gasteiger partial charge in [-0.1, -0.05) is 6.07 Å². The Bertz CT molecular complexity index is 850. The van der Waals surface area contributed by atoms with E-state index in [9.17, 15) is 4.79 Å². The third-order valence-electron chi connectivity index (χ3n) is 3.34. The summed E-state index contributed by atoms with van der Waals surface area (Å²) in [5, 5.41) is 2.95. The summed E-state index contributed by atoms with van der Waals surface area (Å²) in [5.74, 6) is 0. The largest absolute Gasteiger partial charge is 0.447 e. The Morgan fingerprint density at radius 1 is 1.57 bits per heavy atom. The molecule has 0 radical (unpaired) electrons. The van der Waals surface area contributed by atoms with E-state index in [2.05, 4.69) is 15.0 Å². The molecule has 2 aromatic rings. The van der Waals surface area contributed by atoms with E-state index < -0.39 is 25.1 Å². The van der Waals surface area contributed by atoms with Crippen LogP contribution in [0.5, 0.6) is 0 Å². The van der Waals surface area contributed by atoms with Gasteiger partial charge in [-0.2, -0.15) is 0 Å². The van der Waals surface area contributed by atoms with Crippen LogP contribution in [-0.4, -0.2) is 49.2 Å². The zero-order valence-electron chi connectivity index (χ0n) is 17.0. The van der Waals surface area contributed by atoms with Crippen LogP contribution in [-0.2, 0) is 17.5 Å². The summed E-state index contributed by atoms with van der Waals surface area (Å²) in [6.07, 6.45) is -2.26. The van der Waals surface area contributed by atoms with Crippen molar-refractivity contribution in [2.45, 2.75) is 18.8 Å². The van der Waals surface area contributed by atoms with Crippen molar-refractivity contribution in [3.8, 4) is 0 Å². The molecular formula is C16H21N3O2. The molecule has 0 spiro atoms. The minimum Gasteiger partial charge on any atom is -0.447 e. The molecule has 1 amide bonds. The lowest BCUT2D eigenvalue weighted by Crippen LogP contribution is -2.28. The molecule has 1 aliphatic rings. The summed E-state index contributed by atoms with van der Waals surface area (Å²) in [4.78, 5) is 16.4. The first-order chi connectivity index (χ1) is 12.0. The van der Waals surface area contributed by atoms with Crippen LogP contribution in [0.4, 0.5) is 4.79 Å². The van der Waals surface area contributed by atoms with Crippen molar-refractivity contribution >= 4 is 17.0 Å². The molecule has 5 heteroatoms. The Morgan fingerprint density at radius 2 is 2.43 bits per heavy atom. The van der Waals surface area contributed by atoms with E-state index >= 15 is 0 Å². The van der Waals surface area contributed by atoms with Crippen LogP contribution in [0.25, 0.3) is 10.9 Å². The number of likely N-dealkylation sites (N-methyl/N-ethyl adjacent to an activating group) is 1. The van der Waals surface area contributed by atoms with Crippen molar-refractivity contribution < 1.29 is 16.4 Å². The van der Waals surface area contributed by atoms with Gasteiger partial charge in [-0.25, -0.2) is 4.79 Å². The Balaban J connectivity index is 2.02. The maximum absolute atomic E-state index is 11.4. The van der Waals surface area contributed by atoms with Crippen LogP contribution >= 0.6 is 0 Å². The third kappa shape index (κ3) is 3.19. The van der Waals surface area contributed by atoms with E-state index in [0.717, 1.165) is 23.0 Å². The number of aromatic nitrogens is 1. The second-order valence-corrected chi connectivity index (χ2v) is 5.27. The molecule has 0 bridgehead atoms. The van der Waals surface area contributed by atoms with Crippen molar-refractivity contribution in [3.63, 3.8) is 0 Å². The number of hydrogen-bond acceptors (Lipinski definition) is 3. The third-order valence-corrected chi connectivity index (χ3v) is 3.34. The second-order valence-electron chi connectivity index (χ2n) is 5.27. The van der Waals surface area contributed by atoms with Gasteiger partial charge in [-0.05, 0) is 50.1 Å². The lowest BCUT2D eigenvalue weighted by molar-refractivity contribution is 0.177. The van der Waals surface area contributed by atoms with Crippen molar-refractivity contribution in [2.75, 3.05) is 27.2 Å². The number of carbonyl (C=O) groups excluding carboxylic acids is 1. The zero-order chi connectivity index (χ0) is 19.3. The number of fused-ring (bicyclic) bond motifs is 1. The first-order valence-electron chi connectivity index (χ1n) is 9.28. The molecular weight excluding hydrogens is 266 g/mol. The predicted octanol–water partition coefficient (Wildman–Crippen LogP) is 1.92. The van der Waals surface area contributed by atoms with E-state index in [1.54, 1.807) is 12.1 Å². The summed E-state index contributed by atoms with van der Waals surface area (Å²) in [5.41, 5.74) is 1.72. The molecule has 21 heavy (non-hydrogen) atoms. The Morgan fingerprint density at radius 3 is 3.14 bits per heavy atom. The summed E-state index contributed by atoms with van der Waals surface area (Å²) >= 11 is 0. The van der Waals surface area contributed by atoms with Crippen LogP contribution in [0.15, 0.2) is 24.4 Å². The average Bonchev–Trinajstić information content (AvgIpc) is 2.99.